The van der Waals surface area contributed by atoms with E-state index >= 15 is 0 Å². The molecule has 0 amide bonds. The summed E-state index contributed by atoms with van der Waals surface area (Å²) in [5.41, 5.74) is 1.11. The zero-order chi connectivity index (χ0) is 8.39. The summed E-state index contributed by atoms with van der Waals surface area (Å²) in [5.74, 6) is 0. The molecule has 1 aromatic rings. The molecule has 1 aliphatic heterocycles. The van der Waals surface area contributed by atoms with Crippen molar-refractivity contribution < 1.29 is 0 Å². The van der Waals surface area contributed by atoms with Gasteiger partial charge in [0.25, 0.3) is 0 Å². The lowest BCUT2D eigenvalue weighted by atomic mass is 10.2. The van der Waals surface area contributed by atoms with Crippen LogP contribution in [0.3, 0.4) is 0 Å². The van der Waals surface area contributed by atoms with Crippen LogP contribution in [0.2, 0.25) is 0 Å². The lowest BCUT2D eigenvalue weighted by Gasteiger charge is -1.90. The van der Waals surface area contributed by atoms with E-state index in [2.05, 4.69) is 42.3 Å². The van der Waals surface area contributed by atoms with Gasteiger partial charge in [-0.25, -0.2) is 0 Å². The minimum Gasteiger partial charge on any atom is -0.265 e. The molecule has 1 nitrogen and oxygen atoms in total. The molecule has 12 heavy (non-hydrogen) atoms. The molecule has 0 radical (unpaired) electrons. The third-order valence-corrected chi connectivity index (χ3v) is 2.08. The standard InChI is InChI=1S/C11H11N/c1-9-11-7-3-2-5-10(11)6-4-8-12-9/h2-3,5-8H,4H2,1H3. The fourth-order valence-corrected chi connectivity index (χ4v) is 1.44. The number of nitrogens with zero attached hydrogens (tertiary/aromatic N) is 1. The van der Waals surface area contributed by atoms with Crippen molar-refractivity contribution in [2.75, 3.05) is 0 Å². The molecule has 1 aromatic carbocycles. The SMILES string of the molecule is CC1=c2ccccc2=CCC=N1. The maximum Gasteiger partial charge on any atom is 0.0447 e. The summed E-state index contributed by atoms with van der Waals surface area (Å²) >= 11 is 0. The molecule has 2 rings (SSSR count). The van der Waals surface area contributed by atoms with E-state index < -0.39 is 0 Å². The molecule has 60 valence electrons. The van der Waals surface area contributed by atoms with Crippen LogP contribution in [-0.4, -0.2) is 6.21 Å². The van der Waals surface area contributed by atoms with Crippen LogP contribution in [0.5, 0.6) is 0 Å². The topological polar surface area (TPSA) is 12.4 Å². The summed E-state index contributed by atoms with van der Waals surface area (Å²) in [6.45, 7) is 2.05. The summed E-state index contributed by atoms with van der Waals surface area (Å²) in [4.78, 5) is 4.33. The quantitative estimate of drug-likeness (QED) is 0.534. The first-order valence-electron chi connectivity index (χ1n) is 4.16. The van der Waals surface area contributed by atoms with Gasteiger partial charge < -0.3 is 0 Å². The largest absolute Gasteiger partial charge is 0.265 e. The fraction of sp³-hybridized carbons (Fsp3) is 0.182. The van der Waals surface area contributed by atoms with Crippen LogP contribution in [0.4, 0.5) is 0 Å². The van der Waals surface area contributed by atoms with Gasteiger partial charge in [0.15, 0.2) is 0 Å². The highest BCUT2D eigenvalue weighted by Gasteiger charge is 1.92. The van der Waals surface area contributed by atoms with Gasteiger partial charge in [-0.05, 0) is 12.1 Å². The summed E-state index contributed by atoms with van der Waals surface area (Å²) in [6, 6.07) is 8.36. The van der Waals surface area contributed by atoms with Gasteiger partial charge in [-0.3, -0.25) is 4.99 Å². The minimum absolute atomic E-state index is 0.939. The molecule has 1 heterocycles. The maximum atomic E-state index is 4.33. The van der Waals surface area contributed by atoms with Crippen LogP contribution in [-0.2, 0) is 0 Å². The predicted octanol–water partition coefficient (Wildman–Crippen LogP) is 1.07. The number of hydrogen-bond donors (Lipinski definition) is 0. The molecule has 1 heteroatoms. The molecule has 0 bridgehead atoms. The van der Waals surface area contributed by atoms with E-state index in [1.54, 1.807) is 0 Å². The van der Waals surface area contributed by atoms with Crippen LogP contribution in [0.15, 0.2) is 29.3 Å². The molecule has 0 saturated carbocycles. The van der Waals surface area contributed by atoms with Crippen molar-refractivity contribution in [1.82, 2.24) is 0 Å². The summed E-state index contributed by atoms with van der Waals surface area (Å²) in [5, 5.41) is 2.55. The van der Waals surface area contributed by atoms with E-state index in [0.29, 0.717) is 0 Å². The highest BCUT2D eigenvalue weighted by atomic mass is 14.7. The normalized spacial score (nSPS) is 14.9. The van der Waals surface area contributed by atoms with Crippen molar-refractivity contribution in [3.63, 3.8) is 0 Å². The van der Waals surface area contributed by atoms with Gasteiger partial charge >= 0.3 is 0 Å². The number of hydrogen-bond acceptors (Lipinski definition) is 1. The Balaban J connectivity index is 2.89. The number of fused-ring (bicyclic) bond motifs is 1. The molecule has 0 aliphatic carbocycles. The monoisotopic (exact) mass is 157 g/mol. The Morgan fingerprint density at radius 1 is 1.25 bits per heavy atom. The molecule has 1 aliphatic rings. The van der Waals surface area contributed by atoms with Crippen LogP contribution < -0.4 is 10.4 Å². The lowest BCUT2D eigenvalue weighted by molar-refractivity contribution is 1.41. The van der Waals surface area contributed by atoms with Gasteiger partial charge in [-0.2, -0.15) is 0 Å². The third kappa shape index (κ3) is 1.18. The van der Waals surface area contributed by atoms with Crippen molar-refractivity contribution in [3.8, 4) is 0 Å². The molecule has 0 atom stereocenters. The molecule has 0 fully saturated rings. The highest BCUT2D eigenvalue weighted by Crippen LogP contribution is 1.93. The Hall–Kier alpha value is -1.37. The van der Waals surface area contributed by atoms with E-state index in [1.165, 1.54) is 10.4 Å². The Morgan fingerprint density at radius 3 is 3.00 bits per heavy atom. The molecule has 0 aromatic heterocycles. The second-order valence-electron chi connectivity index (χ2n) is 2.92. The van der Waals surface area contributed by atoms with Gasteiger partial charge in [-0.15, -0.1) is 0 Å². The first-order valence-corrected chi connectivity index (χ1v) is 4.16. The molecule has 0 saturated heterocycles. The first-order chi connectivity index (χ1) is 5.88. The average Bonchev–Trinajstić information content (AvgIpc) is 2.29. The third-order valence-electron chi connectivity index (χ3n) is 2.08. The van der Waals surface area contributed by atoms with E-state index in [4.69, 9.17) is 0 Å². The van der Waals surface area contributed by atoms with Crippen LogP contribution in [0.25, 0.3) is 11.8 Å². The zero-order valence-electron chi connectivity index (χ0n) is 7.12. The van der Waals surface area contributed by atoms with Gasteiger partial charge in [0.2, 0.25) is 0 Å². The average molecular weight is 157 g/mol. The van der Waals surface area contributed by atoms with Crippen molar-refractivity contribution >= 4 is 18.0 Å². The van der Waals surface area contributed by atoms with Crippen molar-refractivity contribution in [1.29, 1.82) is 0 Å². The Morgan fingerprint density at radius 2 is 2.08 bits per heavy atom. The van der Waals surface area contributed by atoms with Gasteiger partial charge in [0, 0.05) is 23.6 Å². The smallest absolute Gasteiger partial charge is 0.0447 e. The van der Waals surface area contributed by atoms with Crippen molar-refractivity contribution in [3.05, 3.63) is 34.7 Å². The highest BCUT2D eigenvalue weighted by molar-refractivity contribution is 5.71. The van der Waals surface area contributed by atoms with E-state index in [-0.39, 0.29) is 0 Å². The Bertz CT molecular complexity index is 427. The molecular formula is C11H11N. The summed E-state index contributed by atoms with van der Waals surface area (Å²) in [6.07, 6.45) is 5.10. The Labute approximate surface area is 71.8 Å². The minimum atomic E-state index is 0.939. The van der Waals surface area contributed by atoms with Gasteiger partial charge in [0.1, 0.15) is 0 Å². The first kappa shape index (κ1) is 7.29. The van der Waals surface area contributed by atoms with Crippen molar-refractivity contribution in [2.24, 2.45) is 4.99 Å². The molecule has 0 N–H and O–H groups in total. The van der Waals surface area contributed by atoms with Crippen LogP contribution in [0.1, 0.15) is 13.3 Å². The van der Waals surface area contributed by atoms with Crippen LogP contribution in [0, 0.1) is 0 Å². The van der Waals surface area contributed by atoms with E-state index in [9.17, 15) is 0 Å². The predicted molar refractivity (Wildman–Crippen MR) is 52.3 cm³/mol. The van der Waals surface area contributed by atoms with Crippen molar-refractivity contribution in [2.45, 2.75) is 13.3 Å². The number of rotatable bonds is 0. The zero-order valence-corrected chi connectivity index (χ0v) is 7.12. The van der Waals surface area contributed by atoms with E-state index in [1.807, 2.05) is 6.21 Å². The van der Waals surface area contributed by atoms with E-state index in [0.717, 1.165) is 12.1 Å². The fourth-order valence-electron chi connectivity index (χ4n) is 1.44. The second kappa shape index (κ2) is 2.94. The Kier molecular flexibility index (Phi) is 1.78. The number of benzene rings is 1. The summed E-state index contributed by atoms with van der Waals surface area (Å²) < 4.78 is 0. The molecule has 0 spiro atoms. The number of aliphatic imine (C=N–C) groups is 1. The second-order valence-corrected chi connectivity index (χ2v) is 2.92. The van der Waals surface area contributed by atoms with Gasteiger partial charge in [-0.1, -0.05) is 30.3 Å². The van der Waals surface area contributed by atoms with Crippen LogP contribution >= 0.6 is 0 Å². The summed E-state index contributed by atoms with van der Waals surface area (Å²) in [7, 11) is 0. The molecule has 0 unspecified atom stereocenters. The lowest BCUT2D eigenvalue weighted by Crippen LogP contribution is -2.24. The molecular weight excluding hydrogens is 146 g/mol. The maximum absolute atomic E-state index is 4.33. The van der Waals surface area contributed by atoms with Gasteiger partial charge in [0.05, 0.1) is 0 Å².